The maximum Gasteiger partial charge on any atom is 0.194 e. The molecule has 31 heavy (non-hydrogen) atoms. The first kappa shape index (κ1) is 22.1. The summed E-state index contributed by atoms with van der Waals surface area (Å²) in [5.74, 6) is -3.17. The third kappa shape index (κ3) is 4.73. The van der Waals surface area contributed by atoms with E-state index >= 15 is 4.39 Å². The van der Waals surface area contributed by atoms with Gasteiger partial charge in [0.1, 0.15) is 5.82 Å². The average molecular weight is 431 g/mol. The average Bonchev–Trinajstić information content (AvgIpc) is 2.78. The fourth-order valence-electron chi connectivity index (χ4n) is 5.32. The van der Waals surface area contributed by atoms with Crippen molar-refractivity contribution in [2.45, 2.75) is 71.1 Å². The van der Waals surface area contributed by atoms with Crippen LogP contribution in [0.3, 0.4) is 0 Å². The topological polar surface area (TPSA) is 0 Å². The van der Waals surface area contributed by atoms with Crippen LogP contribution in [0.25, 0.3) is 11.1 Å². The summed E-state index contributed by atoms with van der Waals surface area (Å²) in [6.45, 7) is 2.24. The van der Waals surface area contributed by atoms with Gasteiger partial charge in [0.2, 0.25) is 0 Å². The van der Waals surface area contributed by atoms with E-state index in [1.54, 1.807) is 6.07 Å². The first-order valence-corrected chi connectivity index (χ1v) is 11.6. The third-order valence-electron chi connectivity index (χ3n) is 7.19. The Morgan fingerprint density at radius 2 is 1.58 bits per heavy atom. The Labute approximate surface area is 182 Å². The van der Waals surface area contributed by atoms with E-state index in [2.05, 4.69) is 13.0 Å². The molecule has 1 saturated carbocycles. The largest absolute Gasteiger partial charge is 0.206 e. The second kappa shape index (κ2) is 9.58. The van der Waals surface area contributed by atoms with E-state index in [-0.39, 0.29) is 11.1 Å². The highest BCUT2D eigenvalue weighted by Crippen LogP contribution is 2.40. The molecule has 0 bridgehead atoms. The highest BCUT2D eigenvalue weighted by atomic mass is 19.2. The molecule has 2 aliphatic carbocycles. The fraction of sp³-hybridized carbons (Fsp3) is 0.481. The van der Waals surface area contributed by atoms with Crippen LogP contribution in [0.15, 0.2) is 35.9 Å². The van der Waals surface area contributed by atoms with Gasteiger partial charge in [-0.2, -0.15) is 0 Å². The number of halogens is 4. The molecule has 0 heterocycles. The van der Waals surface area contributed by atoms with E-state index in [1.165, 1.54) is 56.9 Å². The summed E-state index contributed by atoms with van der Waals surface area (Å²) in [5, 5.41) is 0. The number of unbranched alkanes of at least 4 members (excludes halogenated alkanes) is 2. The molecule has 0 spiro atoms. The van der Waals surface area contributed by atoms with Gasteiger partial charge in [-0.15, -0.1) is 0 Å². The smallest absolute Gasteiger partial charge is 0.194 e. The van der Waals surface area contributed by atoms with Crippen molar-refractivity contribution in [2.24, 2.45) is 11.8 Å². The summed E-state index contributed by atoms with van der Waals surface area (Å²) < 4.78 is 55.7. The molecular weight excluding hydrogens is 400 g/mol. The number of hydrogen-bond acceptors (Lipinski definition) is 0. The van der Waals surface area contributed by atoms with Crippen LogP contribution >= 0.6 is 0 Å². The van der Waals surface area contributed by atoms with Crippen LogP contribution in [-0.4, -0.2) is 0 Å². The summed E-state index contributed by atoms with van der Waals surface area (Å²) in [4.78, 5) is 0. The van der Waals surface area contributed by atoms with E-state index in [0.717, 1.165) is 30.0 Å². The van der Waals surface area contributed by atoms with E-state index in [1.807, 2.05) is 6.07 Å². The summed E-state index contributed by atoms with van der Waals surface area (Å²) >= 11 is 0. The number of rotatable bonds is 6. The highest BCUT2D eigenvalue weighted by Gasteiger charge is 2.27. The minimum Gasteiger partial charge on any atom is -0.206 e. The Balaban J connectivity index is 1.46. The first-order valence-electron chi connectivity index (χ1n) is 11.6. The Morgan fingerprint density at radius 1 is 0.871 bits per heavy atom. The molecule has 0 atom stereocenters. The maximum atomic E-state index is 15.2. The van der Waals surface area contributed by atoms with Crippen molar-refractivity contribution in [2.75, 3.05) is 0 Å². The van der Waals surface area contributed by atoms with Crippen molar-refractivity contribution >= 4 is 0 Å². The van der Waals surface area contributed by atoms with Crippen LogP contribution in [0, 0.1) is 35.1 Å². The SMILES string of the molecule is CCCCCC1CCC(C2=CCc3c(ccc(-c4cc(F)c(F)c(F)c4)c3F)C2)CC1. The Kier molecular flexibility index (Phi) is 6.83. The zero-order valence-corrected chi connectivity index (χ0v) is 18.1. The lowest BCUT2D eigenvalue weighted by Gasteiger charge is -2.32. The van der Waals surface area contributed by atoms with Crippen LogP contribution in [0.2, 0.25) is 0 Å². The quantitative estimate of drug-likeness (QED) is 0.187. The first-order chi connectivity index (χ1) is 15.0. The predicted octanol–water partition coefficient (Wildman–Crippen LogP) is 8.32. The van der Waals surface area contributed by atoms with Crippen molar-refractivity contribution < 1.29 is 17.6 Å². The van der Waals surface area contributed by atoms with E-state index in [0.29, 0.717) is 17.9 Å². The molecule has 2 aromatic carbocycles. The molecule has 0 aromatic heterocycles. The molecule has 0 aliphatic heterocycles. The maximum absolute atomic E-state index is 15.2. The van der Waals surface area contributed by atoms with Crippen molar-refractivity contribution in [3.63, 3.8) is 0 Å². The lowest BCUT2D eigenvalue weighted by Crippen LogP contribution is -2.19. The number of allylic oxidation sites excluding steroid dienone is 2. The second-order valence-corrected chi connectivity index (χ2v) is 9.19. The van der Waals surface area contributed by atoms with Gasteiger partial charge >= 0.3 is 0 Å². The zero-order chi connectivity index (χ0) is 22.0. The predicted molar refractivity (Wildman–Crippen MR) is 117 cm³/mol. The zero-order valence-electron chi connectivity index (χ0n) is 18.1. The van der Waals surface area contributed by atoms with Gasteiger partial charge in [-0.25, -0.2) is 17.6 Å². The van der Waals surface area contributed by atoms with E-state index in [9.17, 15) is 13.2 Å². The molecule has 166 valence electrons. The minimum atomic E-state index is -1.53. The van der Waals surface area contributed by atoms with Crippen molar-refractivity contribution in [3.8, 4) is 11.1 Å². The molecule has 4 heteroatoms. The van der Waals surface area contributed by atoms with Gasteiger partial charge in [0.25, 0.3) is 0 Å². The van der Waals surface area contributed by atoms with Crippen molar-refractivity contribution in [3.05, 3.63) is 70.3 Å². The van der Waals surface area contributed by atoms with Gasteiger partial charge in [-0.3, -0.25) is 0 Å². The summed E-state index contributed by atoms with van der Waals surface area (Å²) in [6.07, 6.45) is 13.7. The fourth-order valence-corrected chi connectivity index (χ4v) is 5.32. The van der Waals surface area contributed by atoms with Gasteiger partial charge in [0.15, 0.2) is 17.5 Å². The summed E-state index contributed by atoms with van der Waals surface area (Å²) in [5.41, 5.74) is 3.07. The molecule has 0 saturated heterocycles. The molecule has 0 unspecified atom stereocenters. The number of fused-ring (bicyclic) bond motifs is 1. The third-order valence-corrected chi connectivity index (χ3v) is 7.19. The van der Waals surface area contributed by atoms with Gasteiger partial charge in [0, 0.05) is 5.56 Å². The normalized spacial score (nSPS) is 21.0. The van der Waals surface area contributed by atoms with Crippen LogP contribution in [0.5, 0.6) is 0 Å². The summed E-state index contributed by atoms with van der Waals surface area (Å²) in [6, 6.07) is 5.13. The molecule has 2 aromatic rings. The van der Waals surface area contributed by atoms with E-state index in [4.69, 9.17) is 0 Å². The monoisotopic (exact) mass is 430 g/mol. The second-order valence-electron chi connectivity index (χ2n) is 9.19. The van der Waals surface area contributed by atoms with Crippen molar-refractivity contribution in [1.29, 1.82) is 0 Å². The molecule has 4 rings (SSSR count). The molecule has 2 aliphatic rings. The molecule has 0 amide bonds. The highest BCUT2D eigenvalue weighted by molar-refractivity contribution is 5.67. The van der Waals surface area contributed by atoms with Gasteiger partial charge in [0.05, 0.1) is 0 Å². The Bertz CT molecular complexity index is 944. The lowest BCUT2D eigenvalue weighted by atomic mass is 9.73. The van der Waals surface area contributed by atoms with Crippen LogP contribution in [0.4, 0.5) is 17.6 Å². The standard InChI is InChI=1S/C27H30F4/c1-2-3-4-5-17-6-8-18(9-7-17)19-10-12-22-20(14-19)11-13-23(26(22)30)21-15-24(28)27(31)25(29)16-21/h10-11,13,15-18H,2-9,12,14H2,1H3. The van der Waals surface area contributed by atoms with Gasteiger partial charge in [-0.1, -0.05) is 56.4 Å². The van der Waals surface area contributed by atoms with Crippen LogP contribution < -0.4 is 0 Å². The van der Waals surface area contributed by atoms with Crippen LogP contribution in [-0.2, 0) is 12.8 Å². The lowest BCUT2D eigenvalue weighted by molar-refractivity contribution is 0.279. The minimum absolute atomic E-state index is 0.0212. The molecular formula is C27H30F4. The Morgan fingerprint density at radius 3 is 2.26 bits per heavy atom. The van der Waals surface area contributed by atoms with Crippen molar-refractivity contribution in [1.82, 2.24) is 0 Å². The molecule has 0 nitrogen and oxygen atoms in total. The number of hydrogen-bond donors (Lipinski definition) is 0. The summed E-state index contributed by atoms with van der Waals surface area (Å²) in [7, 11) is 0. The number of benzene rings is 2. The van der Waals surface area contributed by atoms with E-state index < -0.39 is 23.3 Å². The van der Waals surface area contributed by atoms with Gasteiger partial charge < -0.3 is 0 Å². The molecule has 1 fully saturated rings. The molecule has 0 N–H and O–H groups in total. The molecule has 0 radical (unpaired) electrons. The van der Waals surface area contributed by atoms with Crippen LogP contribution in [0.1, 0.15) is 69.4 Å². The van der Waals surface area contributed by atoms with Gasteiger partial charge in [-0.05, 0) is 79.2 Å². The Hall–Kier alpha value is -2.10.